The van der Waals surface area contributed by atoms with Crippen LogP contribution in [0.15, 0.2) is 52.2 Å². The molecular weight excluding hydrogens is 362 g/mol. The summed E-state index contributed by atoms with van der Waals surface area (Å²) in [4.78, 5) is 20.3. The molecule has 0 aliphatic rings. The highest BCUT2D eigenvalue weighted by molar-refractivity contribution is 9.10. The molecule has 2 N–H and O–H groups in total. The lowest BCUT2D eigenvalue weighted by Gasteiger charge is -2.08. The quantitative estimate of drug-likeness (QED) is 0.362. The minimum Gasteiger partial charge on any atom is -0.481 e. The molecule has 0 aliphatic heterocycles. The van der Waals surface area contributed by atoms with Crippen LogP contribution in [0, 0.1) is 0 Å². The van der Waals surface area contributed by atoms with Crippen LogP contribution in [-0.4, -0.2) is 23.4 Å². The van der Waals surface area contributed by atoms with Crippen molar-refractivity contribution >= 4 is 27.7 Å². The Kier molecular flexibility index (Phi) is 6.10. The van der Waals surface area contributed by atoms with Crippen molar-refractivity contribution in [3.05, 3.63) is 58.3 Å². The van der Waals surface area contributed by atoms with Crippen LogP contribution in [0.5, 0.6) is 5.75 Å². The first-order valence-corrected chi connectivity index (χ1v) is 7.75. The van der Waals surface area contributed by atoms with Crippen molar-refractivity contribution in [2.45, 2.75) is 13.3 Å². The summed E-state index contributed by atoms with van der Waals surface area (Å²) in [6.45, 7) is 1.78. The molecule has 0 saturated carbocycles. The molecule has 0 bridgehead atoms. The predicted molar refractivity (Wildman–Crippen MR) is 90.1 cm³/mol. The Morgan fingerprint density at radius 3 is 2.83 bits per heavy atom. The molecule has 2 rings (SSSR count). The second-order valence-electron chi connectivity index (χ2n) is 4.56. The fraction of sp³-hybridized carbons (Fsp3) is 0.188. The van der Waals surface area contributed by atoms with Gasteiger partial charge in [0.2, 0.25) is 0 Å². The van der Waals surface area contributed by atoms with Crippen LogP contribution in [0.2, 0.25) is 0 Å². The minimum absolute atomic E-state index is 0.0208. The smallest absolute Gasteiger partial charge is 0.372 e. The Morgan fingerprint density at radius 1 is 1.35 bits per heavy atom. The van der Waals surface area contributed by atoms with Crippen molar-refractivity contribution in [3.8, 4) is 5.75 Å². The molecule has 0 saturated heterocycles. The Hall–Kier alpha value is -2.41. The van der Waals surface area contributed by atoms with Crippen molar-refractivity contribution in [1.82, 2.24) is 4.98 Å². The van der Waals surface area contributed by atoms with Gasteiger partial charge >= 0.3 is 5.97 Å². The van der Waals surface area contributed by atoms with Gasteiger partial charge in [0.05, 0.1) is 4.47 Å². The number of ether oxygens (including phenoxy) is 1. The van der Waals surface area contributed by atoms with Crippen molar-refractivity contribution in [3.63, 3.8) is 0 Å². The van der Waals surface area contributed by atoms with E-state index in [1.165, 1.54) is 5.56 Å². The molecule has 0 spiro atoms. The lowest BCUT2D eigenvalue weighted by atomic mass is 10.2. The summed E-state index contributed by atoms with van der Waals surface area (Å²) in [6.07, 6.45) is 2.49. The van der Waals surface area contributed by atoms with Gasteiger partial charge in [-0.25, -0.2) is 4.79 Å². The summed E-state index contributed by atoms with van der Waals surface area (Å²) in [5.74, 6) is -0.0800. The Balaban J connectivity index is 1.88. The van der Waals surface area contributed by atoms with E-state index in [0.717, 1.165) is 10.9 Å². The third kappa shape index (κ3) is 5.07. The first-order chi connectivity index (χ1) is 11.1. The van der Waals surface area contributed by atoms with Crippen LogP contribution >= 0.6 is 15.9 Å². The molecule has 0 unspecified atom stereocenters. The largest absolute Gasteiger partial charge is 0.481 e. The third-order valence-corrected chi connectivity index (χ3v) is 3.54. The lowest BCUT2D eigenvalue weighted by molar-refractivity contribution is -0.146. The van der Waals surface area contributed by atoms with E-state index >= 15 is 0 Å². The van der Waals surface area contributed by atoms with Crippen LogP contribution in [0.3, 0.4) is 0 Å². The molecule has 7 heteroatoms. The summed E-state index contributed by atoms with van der Waals surface area (Å²) in [7, 11) is 0. The maximum Gasteiger partial charge on any atom is 0.372 e. The average Bonchev–Trinajstić information content (AvgIpc) is 2.59. The highest BCUT2D eigenvalue weighted by Crippen LogP contribution is 2.26. The number of oxime groups is 1. The molecule has 0 atom stereocenters. The van der Waals surface area contributed by atoms with Crippen molar-refractivity contribution in [2.24, 2.45) is 10.9 Å². The zero-order valence-electron chi connectivity index (χ0n) is 12.5. The number of nitrogens with two attached hydrogens (primary N) is 1. The summed E-state index contributed by atoms with van der Waals surface area (Å²) < 4.78 is 6.17. The summed E-state index contributed by atoms with van der Waals surface area (Å²) >= 11 is 3.40. The van der Waals surface area contributed by atoms with Gasteiger partial charge in [0.25, 0.3) is 0 Å². The maximum absolute atomic E-state index is 11.6. The average molecular weight is 378 g/mol. The molecule has 23 heavy (non-hydrogen) atoms. The second kappa shape index (κ2) is 8.28. The molecule has 2 aromatic rings. The number of pyridine rings is 1. The van der Waals surface area contributed by atoms with E-state index in [-0.39, 0.29) is 12.4 Å². The number of rotatable bonds is 6. The van der Waals surface area contributed by atoms with Crippen molar-refractivity contribution < 1.29 is 14.4 Å². The molecule has 120 valence electrons. The van der Waals surface area contributed by atoms with Gasteiger partial charge in [0.1, 0.15) is 11.4 Å². The van der Waals surface area contributed by atoms with Crippen molar-refractivity contribution in [1.29, 1.82) is 0 Å². The predicted octanol–water partition coefficient (Wildman–Crippen LogP) is 2.65. The maximum atomic E-state index is 11.6. The number of benzene rings is 1. The van der Waals surface area contributed by atoms with E-state index in [4.69, 9.17) is 15.3 Å². The number of amidine groups is 1. The fourth-order valence-corrected chi connectivity index (χ4v) is 2.25. The Bertz CT molecular complexity index is 705. The van der Waals surface area contributed by atoms with E-state index < -0.39 is 5.97 Å². The molecule has 6 nitrogen and oxygen atoms in total. The molecule has 0 fully saturated rings. The van der Waals surface area contributed by atoms with Crippen LogP contribution in [0.4, 0.5) is 0 Å². The monoisotopic (exact) mass is 377 g/mol. The second-order valence-corrected chi connectivity index (χ2v) is 5.42. The molecule has 0 amide bonds. The fourth-order valence-electron chi connectivity index (χ4n) is 1.71. The van der Waals surface area contributed by atoms with Crippen LogP contribution in [0.25, 0.3) is 0 Å². The normalized spacial score (nSPS) is 11.1. The number of carbonyl (C=O) groups is 1. The number of carbonyl (C=O) groups excluding carboxylic acids is 1. The molecule has 1 aromatic heterocycles. The SMILES string of the molecule is CCc1ccc(OCC(=O)O/N=C(\N)c2ccccn2)c(Br)c1. The summed E-state index contributed by atoms with van der Waals surface area (Å²) in [5.41, 5.74) is 7.26. The van der Waals surface area contributed by atoms with Crippen LogP contribution in [0.1, 0.15) is 18.2 Å². The van der Waals surface area contributed by atoms with Gasteiger partial charge in [-0.15, -0.1) is 0 Å². The molecule has 0 radical (unpaired) electrons. The van der Waals surface area contributed by atoms with Gasteiger partial charge in [-0.2, -0.15) is 0 Å². The highest BCUT2D eigenvalue weighted by atomic mass is 79.9. The minimum atomic E-state index is -0.657. The zero-order valence-corrected chi connectivity index (χ0v) is 14.1. The molecule has 1 aromatic carbocycles. The molecule has 1 heterocycles. The van der Waals surface area contributed by atoms with Gasteiger partial charge in [-0.1, -0.05) is 24.2 Å². The Morgan fingerprint density at radius 2 is 2.17 bits per heavy atom. The van der Waals surface area contributed by atoms with Gasteiger partial charge in [-0.05, 0) is 52.2 Å². The number of hydrogen-bond donors (Lipinski definition) is 1. The summed E-state index contributed by atoms with van der Waals surface area (Å²) in [5, 5.41) is 3.55. The lowest BCUT2D eigenvalue weighted by Crippen LogP contribution is -2.18. The van der Waals surface area contributed by atoms with Gasteiger partial charge in [0, 0.05) is 6.20 Å². The van der Waals surface area contributed by atoms with Gasteiger partial charge in [0.15, 0.2) is 12.4 Å². The first kappa shape index (κ1) is 17.0. The van der Waals surface area contributed by atoms with Gasteiger partial charge < -0.3 is 15.3 Å². The van der Waals surface area contributed by atoms with E-state index in [1.54, 1.807) is 30.5 Å². The number of halogens is 1. The molecular formula is C16H16BrN3O3. The van der Waals surface area contributed by atoms with E-state index in [9.17, 15) is 4.79 Å². The van der Waals surface area contributed by atoms with E-state index in [2.05, 4.69) is 33.0 Å². The first-order valence-electron chi connectivity index (χ1n) is 6.96. The van der Waals surface area contributed by atoms with Crippen molar-refractivity contribution in [2.75, 3.05) is 6.61 Å². The number of nitrogens with zero attached hydrogens (tertiary/aromatic N) is 2. The summed E-state index contributed by atoms with van der Waals surface area (Å²) in [6, 6.07) is 10.8. The Labute approximate surface area is 142 Å². The number of hydrogen-bond acceptors (Lipinski definition) is 5. The zero-order chi connectivity index (χ0) is 16.7. The number of aromatic nitrogens is 1. The molecule has 0 aliphatic carbocycles. The number of aryl methyl sites for hydroxylation is 1. The topological polar surface area (TPSA) is 86.8 Å². The van der Waals surface area contributed by atoms with Crippen LogP contribution in [-0.2, 0) is 16.1 Å². The van der Waals surface area contributed by atoms with E-state index in [0.29, 0.717) is 11.4 Å². The van der Waals surface area contributed by atoms with Crippen LogP contribution < -0.4 is 10.5 Å². The van der Waals surface area contributed by atoms with Gasteiger partial charge in [-0.3, -0.25) is 4.98 Å². The third-order valence-electron chi connectivity index (χ3n) is 2.92. The standard InChI is InChI=1S/C16H16BrN3O3/c1-2-11-6-7-14(12(17)9-11)22-10-15(21)23-20-16(18)13-5-3-4-8-19-13/h3-9H,2,10H2,1H3,(H2,18,20). The van der Waals surface area contributed by atoms with E-state index in [1.807, 2.05) is 12.1 Å². The highest BCUT2D eigenvalue weighted by Gasteiger charge is 2.08.